The molecular weight excluding hydrogens is 288 g/mol. The third-order valence-electron chi connectivity index (χ3n) is 3.08. The van der Waals surface area contributed by atoms with Crippen molar-refractivity contribution in [3.63, 3.8) is 0 Å². The van der Waals surface area contributed by atoms with Crippen molar-refractivity contribution in [3.8, 4) is 0 Å². The predicted molar refractivity (Wildman–Crippen MR) is 85.0 cm³/mol. The van der Waals surface area contributed by atoms with Gasteiger partial charge >= 0.3 is 0 Å². The molecule has 0 saturated heterocycles. The SMILES string of the molecule is CC(=O)N(CCNC(=O)C(C)(C)C)Cc1ccc(Cl)cc1. The summed E-state index contributed by atoms with van der Waals surface area (Å²) in [5.41, 5.74) is 0.591. The quantitative estimate of drug-likeness (QED) is 0.909. The molecule has 2 amide bonds. The summed E-state index contributed by atoms with van der Waals surface area (Å²) in [5.74, 6) is -0.0348. The monoisotopic (exact) mass is 310 g/mol. The van der Waals surface area contributed by atoms with E-state index in [1.54, 1.807) is 17.0 Å². The lowest BCUT2D eigenvalue weighted by molar-refractivity contribution is -0.131. The van der Waals surface area contributed by atoms with Gasteiger partial charge in [-0.25, -0.2) is 0 Å². The second-order valence-electron chi connectivity index (χ2n) is 6.07. The molecule has 0 aromatic heterocycles. The van der Waals surface area contributed by atoms with Gasteiger partial charge in [0, 0.05) is 37.0 Å². The molecule has 0 aliphatic heterocycles. The van der Waals surface area contributed by atoms with Gasteiger partial charge in [-0.15, -0.1) is 0 Å². The number of amides is 2. The van der Waals surface area contributed by atoms with Crippen LogP contribution in [0.4, 0.5) is 0 Å². The molecule has 1 rings (SSSR count). The molecule has 0 unspecified atom stereocenters. The number of nitrogens with one attached hydrogen (secondary N) is 1. The van der Waals surface area contributed by atoms with Crippen LogP contribution in [0.1, 0.15) is 33.3 Å². The van der Waals surface area contributed by atoms with Crippen LogP contribution in [-0.4, -0.2) is 29.8 Å². The zero-order valence-electron chi connectivity index (χ0n) is 13.1. The summed E-state index contributed by atoms with van der Waals surface area (Å²) in [5, 5.41) is 3.52. The summed E-state index contributed by atoms with van der Waals surface area (Å²) in [7, 11) is 0. The van der Waals surface area contributed by atoms with Gasteiger partial charge in [0.25, 0.3) is 0 Å². The lowest BCUT2D eigenvalue weighted by atomic mass is 9.96. The maximum atomic E-state index is 11.8. The van der Waals surface area contributed by atoms with Crippen molar-refractivity contribution in [1.82, 2.24) is 10.2 Å². The van der Waals surface area contributed by atoms with E-state index in [1.807, 2.05) is 32.9 Å². The van der Waals surface area contributed by atoms with Crippen molar-refractivity contribution in [2.45, 2.75) is 34.2 Å². The van der Waals surface area contributed by atoms with E-state index >= 15 is 0 Å². The molecule has 0 heterocycles. The van der Waals surface area contributed by atoms with Crippen LogP contribution >= 0.6 is 11.6 Å². The highest BCUT2D eigenvalue weighted by atomic mass is 35.5. The molecule has 21 heavy (non-hydrogen) atoms. The molecule has 0 bridgehead atoms. The maximum absolute atomic E-state index is 11.8. The van der Waals surface area contributed by atoms with Crippen molar-refractivity contribution in [2.24, 2.45) is 5.41 Å². The van der Waals surface area contributed by atoms with Crippen molar-refractivity contribution in [3.05, 3.63) is 34.9 Å². The Hall–Kier alpha value is -1.55. The molecule has 4 nitrogen and oxygen atoms in total. The molecule has 0 radical (unpaired) electrons. The molecule has 1 aromatic rings. The van der Waals surface area contributed by atoms with Crippen LogP contribution in [0.3, 0.4) is 0 Å². The standard InChI is InChI=1S/C16H23ClN2O2/c1-12(20)19(10-9-18-15(21)16(2,3)4)11-13-5-7-14(17)8-6-13/h5-8H,9-11H2,1-4H3,(H,18,21). The van der Waals surface area contributed by atoms with E-state index in [9.17, 15) is 9.59 Å². The van der Waals surface area contributed by atoms with Crippen molar-refractivity contribution in [1.29, 1.82) is 0 Å². The number of nitrogens with zero attached hydrogens (tertiary/aromatic N) is 1. The van der Waals surface area contributed by atoms with Gasteiger partial charge in [0.1, 0.15) is 0 Å². The summed E-state index contributed by atoms with van der Waals surface area (Å²) in [6.07, 6.45) is 0. The lowest BCUT2D eigenvalue weighted by Crippen LogP contribution is -2.41. The topological polar surface area (TPSA) is 49.4 Å². The molecule has 0 fully saturated rings. The fourth-order valence-corrected chi connectivity index (χ4v) is 1.85. The number of hydrogen-bond donors (Lipinski definition) is 1. The minimum atomic E-state index is -0.419. The normalized spacial score (nSPS) is 11.1. The highest BCUT2D eigenvalue weighted by Crippen LogP contribution is 2.13. The molecule has 0 spiro atoms. The average molecular weight is 311 g/mol. The first-order valence-electron chi connectivity index (χ1n) is 6.98. The van der Waals surface area contributed by atoms with E-state index in [1.165, 1.54) is 6.92 Å². The van der Waals surface area contributed by atoms with E-state index < -0.39 is 5.41 Å². The molecule has 1 N–H and O–H groups in total. The van der Waals surface area contributed by atoms with Gasteiger partial charge in [0.2, 0.25) is 11.8 Å². The van der Waals surface area contributed by atoms with Crippen LogP contribution in [0.25, 0.3) is 0 Å². The highest BCUT2D eigenvalue weighted by molar-refractivity contribution is 6.30. The van der Waals surface area contributed by atoms with Crippen LogP contribution in [0.15, 0.2) is 24.3 Å². The van der Waals surface area contributed by atoms with Crippen LogP contribution in [0.5, 0.6) is 0 Å². The van der Waals surface area contributed by atoms with E-state index in [0.29, 0.717) is 24.7 Å². The minimum absolute atomic E-state index is 0.0162. The second-order valence-corrected chi connectivity index (χ2v) is 6.51. The molecule has 0 aliphatic rings. The summed E-state index contributed by atoms with van der Waals surface area (Å²) >= 11 is 5.84. The van der Waals surface area contributed by atoms with Crippen molar-refractivity contribution in [2.75, 3.05) is 13.1 Å². The number of benzene rings is 1. The third kappa shape index (κ3) is 6.17. The summed E-state index contributed by atoms with van der Waals surface area (Å²) in [6.45, 7) is 8.55. The Kier molecular flexibility index (Phi) is 6.21. The van der Waals surface area contributed by atoms with Crippen molar-refractivity contribution >= 4 is 23.4 Å². The second kappa shape index (κ2) is 7.46. The highest BCUT2D eigenvalue weighted by Gasteiger charge is 2.20. The molecule has 5 heteroatoms. The Morgan fingerprint density at radius 2 is 1.76 bits per heavy atom. The number of rotatable bonds is 5. The Labute approximate surface area is 131 Å². The lowest BCUT2D eigenvalue weighted by Gasteiger charge is -2.23. The number of halogens is 1. The summed E-state index contributed by atoms with van der Waals surface area (Å²) in [6, 6.07) is 7.39. The Morgan fingerprint density at radius 1 is 1.19 bits per heavy atom. The third-order valence-corrected chi connectivity index (χ3v) is 3.33. The Balaban J connectivity index is 2.53. The average Bonchev–Trinajstić information content (AvgIpc) is 2.38. The number of carbonyl (C=O) groups is 2. The summed E-state index contributed by atoms with van der Waals surface area (Å²) in [4.78, 5) is 25.2. The summed E-state index contributed by atoms with van der Waals surface area (Å²) < 4.78 is 0. The molecule has 0 atom stereocenters. The van der Waals surface area contributed by atoms with Gasteiger partial charge in [-0.05, 0) is 17.7 Å². The van der Waals surface area contributed by atoms with Gasteiger partial charge in [-0.3, -0.25) is 9.59 Å². The number of hydrogen-bond acceptors (Lipinski definition) is 2. The van der Waals surface area contributed by atoms with Crippen LogP contribution < -0.4 is 5.32 Å². The van der Waals surface area contributed by atoms with E-state index in [4.69, 9.17) is 11.6 Å². The smallest absolute Gasteiger partial charge is 0.225 e. The predicted octanol–water partition coefficient (Wildman–Crippen LogP) is 2.85. The molecular formula is C16H23ClN2O2. The molecule has 116 valence electrons. The zero-order chi connectivity index (χ0) is 16.0. The van der Waals surface area contributed by atoms with Gasteiger partial charge < -0.3 is 10.2 Å². The van der Waals surface area contributed by atoms with Gasteiger partial charge in [-0.1, -0.05) is 44.5 Å². The fraction of sp³-hybridized carbons (Fsp3) is 0.500. The maximum Gasteiger partial charge on any atom is 0.225 e. The van der Waals surface area contributed by atoms with Gasteiger partial charge in [-0.2, -0.15) is 0 Å². The minimum Gasteiger partial charge on any atom is -0.354 e. The first kappa shape index (κ1) is 17.5. The largest absolute Gasteiger partial charge is 0.354 e. The van der Waals surface area contributed by atoms with Gasteiger partial charge in [0.05, 0.1) is 0 Å². The van der Waals surface area contributed by atoms with Crippen LogP contribution in [0, 0.1) is 5.41 Å². The first-order chi connectivity index (χ1) is 9.70. The van der Waals surface area contributed by atoms with Crippen LogP contribution in [0.2, 0.25) is 5.02 Å². The zero-order valence-corrected chi connectivity index (χ0v) is 13.8. The molecule has 0 saturated carbocycles. The Morgan fingerprint density at radius 3 is 2.24 bits per heavy atom. The molecule has 0 aliphatic carbocycles. The Bertz CT molecular complexity index is 492. The fourth-order valence-electron chi connectivity index (χ4n) is 1.73. The van der Waals surface area contributed by atoms with Crippen molar-refractivity contribution < 1.29 is 9.59 Å². The van der Waals surface area contributed by atoms with E-state index in [0.717, 1.165) is 5.56 Å². The first-order valence-corrected chi connectivity index (χ1v) is 7.36. The van der Waals surface area contributed by atoms with E-state index in [2.05, 4.69) is 5.32 Å². The van der Waals surface area contributed by atoms with Crippen LogP contribution in [-0.2, 0) is 16.1 Å². The van der Waals surface area contributed by atoms with Gasteiger partial charge in [0.15, 0.2) is 0 Å². The van der Waals surface area contributed by atoms with E-state index in [-0.39, 0.29) is 11.8 Å². The molecule has 1 aromatic carbocycles. The number of carbonyl (C=O) groups excluding carboxylic acids is 2.